The van der Waals surface area contributed by atoms with Crippen molar-refractivity contribution < 1.29 is 13.2 Å². The lowest BCUT2D eigenvalue weighted by Crippen LogP contribution is -2.33. The third kappa shape index (κ3) is 5.52. The number of nitrogens with zero attached hydrogens (tertiary/aromatic N) is 4. The summed E-state index contributed by atoms with van der Waals surface area (Å²) in [5, 5.41) is -0.658. The zero-order valence-corrected chi connectivity index (χ0v) is 24.8. The normalized spacial score (nSPS) is 14.5. The van der Waals surface area contributed by atoms with E-state index >= 15 is 0 Å². The number of likely N-dealkylation sites (tertiary alicyclic amines) is 1. The van der Waals surface area contributed by atoms with Crippen LogP contribution < -0.4 is 10.5 Å². The number of rotatable bonds is 9. The number of hydrogen-bond acceptors (Lipinski definition) is 7. The SMILES string of the molecule is CC(C)S(=O)(=O)n1c(N)nc2ccc(-c3nc(-c4ccc(OCCN5CCCCC5)cc4)[nH]c3-c3ccccc3)cc21. The molecule has 0 radical (unpaired) electrons. The summed E-state index contributed by atoms with van der Waals surface area (Å²) >= 11 is 0. The van der Waals surface area contributed by atoms with E-state index in [1.807, 2.05) is 60.7 Å². The number of nitrogen functional groups attached to an aromatic ring is 1. The van der Waals surface area contributed by atoms with Gasteiger partial charge in [-0.1, -0.05) is 42.8 Å². The number of benzene rings is 3. The largest absolute Gasteiger partial charge is 0.492 e. The van der Waals surface area contributed by atoms with E-state index in [1.165, 1.54) is 19.3 Å². The summed E-state index contributed by atoms with van der Waals surface area (Å²) in [6.07, 6.45) is 3.87. The summed E-state index contributed by atoms with van der Waals surface area (Å²) in [7, 11) is -3.72. The summed E-state index contributed by atoms with van der Waals surface area (Å²) in [4.78, 5) is 15.3. The van der Waals surface area contributed by atoms with Crippen molar-refractivity contribution in [3.63, 3.8) is 0 Å². The van der Waals surface area contributed by atoms with E-state index in [-0.39, 0.29) is 5.95 Å². The standard InChI is InChI=1S/C32H36N6O3S/c1-22(2)42(39,40)38-28-21-25(13-16-27(28)34-32(38)33)30-29(23-9-5-3-6-10-23)35-31(36-30)24-11-14-26(15-12-24)41-20-19-37-17-7-4-8-18-37/h3,5-6,9-16,21-22H,4,7-8,17-20H2,1-2H3,(H2,33,34)(H,35,36). The third-order valence-corrected chi connectivity index (χ3v) is 9.86. The predicted octanol–water partition coefficient (Wildman–Crippen LogP) is 5.79. The van der Waals surface area contributed by atoms with Gasteiger partial charge in [0.25, 0.3) is 0 Å². The molecule has 218 valence electrons. The Morgan fingerprint density at radius 3 is 2.33 bits per heavy atom. The number of hydrogen-bond donors (Lipinski definition) is 2. The molecule has 3 N–H and O–H groups in total. The molecular formula is C32H36N6O3S. The molecule has 0 aliphatic carbocycles. The van der Waals surface area contributed by atoms with E-state index in [0.29, 0.717) is 29.2 Å². The first-order valence-corrected chi connectivity index (χ1v) is 16.0. The molecule has 3 aromatic carbocycles. The number of aromatic nitrogens is 4. The molecular weight excluding hydrogens is 548 g/mol. The molecule has 1 aliphatic heterocycles. The molecule has 0 saturated carbocycles. The van der Waals surface area contributed by atoms with Crippen molar-refractivity contribution in [2.75, 3.05) is 32.0 Å². The first kappa shape index (κ1) is 28.0. The molecule has 42 heavy (non-hydrogen) atoms. The number of H-pyrrole nitrogens is 1. The Morgan fingerprint density at radius 1 is 0.905 bits per heavy atom. The van der Waals surface area contributed by atoms with Gasteiger partial charge in [-0.3, -0.25) is 4.90 Å². The highest BCUT2D eigenvalue weighted by Gasteiger charge is 2.25. The minimum Gasteiger partial charge on any atom is -0.492 e. The van der Waals surface area contributed by atoms with Crippen LogP contribution in [0.1, 0.15) is 33.1 Å². The number of piperidine rings is 1. The second-order valence-corrected chi connectivity index (χ2v) is 13.3. The fraction of sp³-hybridized carbons (Fsp3) is 0.312. The lowest BCUT2D eigenvalue weighted by molar-refractivity contribution is 0.183. The number of nitrogens with two attached hydrogens (primary N) is 1. The van der Waals surface area contributed by atoms with Crippen molar-refractivity contribution in [3.8, 4) is 39.7 Å². The summed E-state index contributed by atoms with van der Waals surface area (Å²) in [6.45, 7) is 7.17. The van der Waals surface area contributed by atoms with Gasteiger partial charge in [0, 0.05) is 23.2 Å². The van der Waals surface area contributed by atoms with E-state index in [0.717, 1.165) is 51.7 Å². The van der Waals surface area contributed by atoms with Crippen molar-refractivity contribution in [2.45, 2.75) is 38.4 Å². The summed E-state index contributed by atoms with van der Waals surface area (Å²) in [5.41, 5.74) is 11.2. The molecule has 3 heterocycles. The predicted molar refractivity (Wildman–Crippen MR) is 168 cm³/mol. The Balaban J connectivity index is 1.34. The molecule has 0 amide bonds. The number of ether oxygens (including phenoxy) is 1. The van der Waals surface area contributed by atoms with Crippen LogP contribution >= 0.6 is 0 Å². The van der Waals surface area contributed by atoms with Gasteiger partial charge in [0.15, 0.2) is 0 Å². The second kappa shape index (κ2) is 11.6. The Kier molecular flexibility index (Phi) is 7.74. The van der Waals surface area contributed by atoms with Crippen LogP contribution in [0.4, 0.5) is 5.95 Å². The number of imidazole rings is 2. The second-order valence-electron chi connectivity index (χ2n) is 11.0. The van der Waals surface area contributed by atoms with E-state index in [2.05, 4.69) is 14.9 Å². The van der Waals surface area contributed by atoms with Gasteiger partial charge >= 0.3 is 0 Å². The highest BCUT2D eigenvalue weighted by atomic mass is 32.2. The average Bonchev–Trinajstić information content (AvgIpc) is 3.59. The zero-order valence-electron chi connectivity index (χ0n) is 24.0. The Hall–Kier alpha value is -4.15. The quantitative estimate of drug-likeness (QED) is 0.225. The van der Waals surface area contributed by atoms with Crippen molar-refractivity contribution in [1.29, 1.82) is 0 Å². The number of fused-ring (bicyclic) bond motifs is 1. The molecule has 0 atom stereocenters. The Bertz CT molecular complexity index is 1790. The first-order chi connectivity index (χ1) is 20.3. The smallest absolute Gasteiger partial charge is 0.244 e. The lowest BCUT2D eigenvalue weighted by Gasteiger charge is -2.26. The molecule has 1 saturated heterocycles. The molecule has 0 spiro atoms. The molecule has 6 rings (SSSR count). The van der Waals surface area contributed by atoms with E-state index in [1.54, 1.807) is 26.0 Å². The van der Waals surface area contributed by atoms with Crippen LogP contribution in [0.25, 0.3) is 44.9 Å². The van der Waals surface area contributed by atoms with E-state index in [4.69, 9.17) is 15.5 Å². The Labute approximate surface area is 246 Å². The van der Waals surface area contributed by atoms with Crippen LogP contribution in [0.5, 0.6) is 5.75 Å². The van der Waals surface area contributed by atoms with E-state index < -0.39 is 15.3 Å². The highest BCUT2D eigenvalue weighted by molar-refractivity contribution is 7.90. The maximum absolute atomic E-state index is 13.1. The van der Waals surface area contributed by atoms with Crippen molar-refractivity contribution >= 4 is 27.0 Å². The summed E-state index contributed by atoms with van der Waals surface area (Å²) in [5.74, 6) is 1.47. The van der Waals surface area contributed by atoms with Gasteiger partial charge < -0.3 is 15.5 Å². The van der Waals surface area contributed by atoms with Gasteiger partial charge in [-0.25, -0.2) is 22.4 Å². The minimum atomic E-state index is -3.72. The molecule has 0 bridgehead atoms. The summed E-state index contributed by atoms with van der Waals surface area (Å²) < 4.78 is 33.4. The van der Waals surface area contributed by atoms with E-state index in [9.17, 15) is 8.42 Å². The van der Waals surface area contributed by atoms with Crippen LogP contribution in [-0.4, -0.2) is 63.7 Å². The van der Waals surface area contributed by atoms with Gasteiger partial charge in [0.2, 0.25) is 16.0 Å². The fourth-order valence-corrected chi connectivity index (χ4v) is 6.56. The number of aromatic amines is 1. The number of anilines is 1. The van der Waals surface area contributed by atoms with Gasteiger partial charge in [-0.15, -0.1) is 0 Å². The molecule has 5 aromatic rings. The van der Waals surface area contributed by atoms with Crippen molar-refractivity contribution in [3.05, 3.63) is 72.8 Å². The maximum Gasteiger partial charge on any atom is 0.244 e. The molecule has 9 nitrogen and oxygen atoms in total. The maximum atomic E-state index is 13.1. The van der Waals surface area contributed by atoms with Gasteiger partial charge in [0.1, 0.15) is 18.2 Å². The molecule has 1 fully saturated rings. The van der Waals surface area contributed by atoms with Gasteiger partial charge in [-0.2, -0.15) is 0 Å². The van der Waals surface area contributed by atoms with Crippen LogP contribution in [0.2, 0.25) is 0 Å². The van der Waals surface area contributed by atoms with Crippen LogP contribution in [0, 0.1) is 0 Å². The van der Waals surface area contributed by atoms with Crippen LogP contribution in [0.3, 0.4) is 0 Å². The Morgan fingerprint density at radius 2 is 1.62 bits per heavy atom. The van der Waals surface area contributed by atoms with Crippen molar-refractivity contribution in [2.24, 2.45) is 0 Å². The monoisotopic (exact) mass is 584 g/mol. The zero-order chi connectivity index (χ0) is 29.3. The fourth-order valence-electron chi connectivity index (χ4n) is 5.42. The number of nitrogens with one attached hydrogen (secondary N) is 1. The highest BCUT2D eigenvalue weighted by Crippen LogP contribution is 2.35. The van der Waals surface area contributed by atoms with Gasteiger partial charge in [-0.05, 0) is 76.2 Å². The first-order valence-electron chi connectivity index (χ1n) is 14.4. The minimum absolute atomic E-state index is 0.0555. The third-order valence-electron chi connectivity index (χ3n) is 7.78. The van der Waals surface area contributed by atoms with Crippen molar-refractivity contribution in [1.82, 2.24) is 23.8 Å². The van der Waals surface area contributed by atoms with Crippen LogP contribution in [-0.2, 0) is 10.0 Å². The van der Waals surface area contributed by atoms with Crippen LogP contribution in [0.15, 0.2) is 72.8 Å². The molecule has 2 aromatic heterocycles. The summed E-state index contributed by atoms with van der Waals surface area (Å²) in [6, 6.07) is 23.4. The molecule has 1 aliphatic rings. The van der Waals surface area contributed by atoms with Gasteiger partial charge in [0.05, 0.1) is 27.7 Å². The molecule has 10 heteroatoms. The average molecular weight is 585 g/mol. The lowest BCUT2D eigenvalue weighted by atomic mass is 10.0. The molecule has 0 unspecified atom stereocenters. The topological polar surface area (TPSA) is 119 Å².